The van der Waals surface area contributed by atoms with E-state index in [1.165, 1.54) is 17.0 Å². The molecule has 1 fully saturated rings. The van der Waals surface area contributed by atoms with Gasteiger partial charge in [-0.3, -0.25) is 4.79 Å². The van der Waals surface area contributed by atoms with Crippen molar-refractivity contribution in [3.63, 3.8) is 0 Å². The second-order valence-corrected chi connectivity index (χ2v) is 4.29. The van der Waals surface area contributed by atoms with Gasteiger partial charge in [0.15, 0.2) is 0 Å². The van der Waals surface area contributed by atoms with Crippen LogP contribution in [-0.2, 0) is 19.9 Å². The number of hydrogen-bond acceptors (Lipinski definition) is 4. The van der Waals surface area contributed by atoms with E-state index in [2.05, 4.69) is 0 Å². The topological polar surface area (TPSA) is 87.1 Å². The Bertz CT molecular complexity index is 469. The van der Waals surface area contributed by atoms with Crippen molar-refractivity contribution in [2.45, 2.75) is 5.60 Å². The normalized spacial score (nSPS) is 18.7. The molecule has 0 aromatic heterocycles. The van der Waals surface area contributed by atoms with E-state index < -0.39 is 17.5 Å². The van der Waals surface area contributed by atoms with Gasteiger partial charge in [0.2, 0.25) is 0 Å². The number of carbonyl (C=O) groups excluding carboxylic acids is 1. The van der Waals surface area contributed by atoms with Gasteiger partial charge in [0, 0.05) is 18.7 Å². The summed E-state index contributed by atoms with van der Waals surface area (Å²) in [6.07, 6.45) is 0. The Morgan fingerprint density at radius 2 is 1.74 bits per heavy atom. The summed E-state index contributed by atoms with van der Waals surface area (Å²) in [5.74, 6) is -2.40. The van der Waals surface area contributed by atoms with Crippen molar-refractivity contribution in [2.24, 2.45) is 0 Å². The fourth-order valence-electron chi connectivity index (χ4n) is 2.01. The minimum atomic E-state index is -2.54. The second-order valence-electron chi connectivity index (χ2n) is 4.29. The number of morpholine rings is 1. The molecule has 0 bridgehead atoms. The van der Waals surface area contributed by atoms with Crippen LogP contribution < -0.4 is 0 Å². The third kappa shape index (κ3) is 2.45. The van der Waals surface area contributed by atoms with Crippen molar-refractivity contribution in [2.75, 3.05) is 26.3 Å². The molecule has 0 saturated carbocycles. The van der Waals surface area contributed by atoms with Gasteiger partial charge >= 0.3 is 5.97 Å². The molecule has 6 nitrogen and oxygen atoms in total. The van der Waals surface area contributed by atoms with Gasteiger partial charge < -0.3 is 19.8 Å². The first kappa shape index (κ1) is 13.5. The lowest BCUT2D eigenvalue weighted by Crippen LogP contribution is -2.54. The van der Waals surface area contributed by atoms with Gasteiger partial charge in [-0.25, -0.2) is 4.79 Å². The molecule has 1 aliphatic rings. The fourth-order valence-corrected chi connectivity index (χ4v) is 2.01. The van der Waals surface area contributed by atoms with E-state index in [-0.39, 0.29) is 18.7 Å². The number of nitrogens with zero attached hydrogens (tertiary/aromatic N) is 1. The van der Waals surface area contributed by atoms with E-state index in [0.29, 0.717) is 13.2 Å². The highest BCUT2D eigenvalue weighted by Crippen LogP contribution is 2.24. The third-order valence-electron chi connectivity index (χ3n) is 3.11. The molecule has 1 aliphatic heterocycles. The smallest absolute Gasteiger partial charge is 0.350 e. The molecule has 0 aliphatic carbocycles. The largest absolute Gasteiger partial charge is 0.478 e. The van der Waals surface area contributed by atoms with Crippen LogP contribution in [0.15, 0.2) is 30.3 Å². The van der Waals surface area contributed by atoms with Gasteiger partial charge in [-0.2, -0.15) is 0 Å². The SMILES string of the molecule is O=C(O)C(O)(C(=O)N1CCOCC1)c1ccccc1. The lowest BCUT2D eigenvalue weighted by atomic mass is 9.92. The quantitative estimate of drug-likeness (QED) is 0.740. The van der Waals surface area contributed by atoms with Crippen LogP contribution in [0.4, 0.5) is 0 Å². The number of aliphatic carboxylic acids is 1. The highest BCUT2D eigenvalue weighted by Gasteiger charge is 2.48. The molecule has 19 heavy (non-hydrogen) atoms. The molecular weight excluding hydrogens is 250 g/mol. The number of aliphatic hydroxyl groups is 1. The number of carboxylic acid groups (broad SMARTS) is 1. The summed E-state index contributed by atoms with van der Waals surface area (Å²) in [6, 6.07) is 7.69. The standard InChI is InChI=1S/C13H15NO5/c15-11(14-6-8-19-9-7-14)13(18,12(16)17)10-4-2-1-3-5-10/h1-5,18H,6-9H2,(H,16,17). The Hall–Kier alpha value is -1.92. The van der Waals surface area contributed by atoms with Crippen molar-refractivity contribution < 1.29 is 24.5 Å². The Kier molecular flexibility index (Phi) is 3.82. The van der Waals surface area contributed by atoms with E-state index in [0.717, 1.165) is 0 Å². The van der Waals surface area contributed by atoms with Crippen LogP contribution >= 0.6 is 0 Å². The number of rotatable bonds is 3. The molecule has 1 saturated heterocycles. The minimum absolute atomic E-state index is 0.0546. The summed E-state index contributed by atoms with van der Waals surface area (Å²) in [4.78, 5) is 25.0. The fraction of sp³-hybridized carbons (Fsp3) is 0.385. The Morgan fingerprint density at radius 1 is 1.16 bits per heavy atom. The van der Waals surface area contributed by atoms with Crippen molar-refractivity contribution in [3.05, 3.63) is 35.9 Å². The van der Waals surface area contributed by atoms with Crippen molar-refractivity contribution >= 4 is 11.9 Å². The zero-order valence-corrected chi connectivity index (χ0v) is 10.3. The van der Waals surface area contributed by atoms with Crippen molar-refractivity contribution in [3.8, 4) is 0 Å². The summed E-state index contributed by atoms with van der Waals surface area (Å²) in [5.41, 5.74) is -2.49. The van der Waals surface area contributed by atoms with Gasteiger partial charge in [-0.1, -0.05) is 30.3 Å². The molecule has 1 unspecified atom stereocenters. The van der Waals surface area contributed by atoms with Crippen LogP contribution in [0, 0.1) is 0 Å². The number of ether oxygens (including phenoxy) is 1. The highest BCUT2D eigenvalue weighted by molar-refractivity contribution is 6.05. The van der Waals surface area contributed by atoms with E-state index in [1.807, 2.05) is 0 Å². The molecule has 2 rings (SSSR count). The van der Waals surface area contributed by atoms with Crippen LogP contribution in [0.25, 0.3) is 0 Å². The lowest BCUT2D eigenvalue weighted by Gasteiger charge is -2.33. The Morgan fingerprint density at radius 3 is 2.26 bits per heavy atom. The van der Waals surface area contributed by atoms with E-state index in [9.17, 15) is 19.8 Å². The zero-order chi connectivity index (χ0) is 13.9. The van der Waals surface area contributed by atoms with Gasteiger partial charge in [-0.05, 0) is 0 Å². The van der Waals surface area contributed by atoms with Crippen LogP contribution in [0.3, 0.4) is 0 Å². The predicted octanol–water partition coefficient (Wildman–Crippen LogP) is -0.182. The van der Waals surface area contributed by atoms with Gasteiger partial charge in [-0.15, -0.1) is 0 Å². The predicted molar refractivity (Wildman–Crippen MR) is 65.4 cm³/mol. The van der Waals surface area contributed by atoms with Gasteiger partial charge in [0.25, 0.3) is 11.5 Å². The molecule has 1 heterocycles. The van der Waals surface area contributed by atoms with Gasteiger partial charge in [0.05, 0.1) is 13.2 Å². The molecule has 1 aromatic carbocycles. The molecule has 6 heteroatoms. The van der Waals surface area contributed by atoms with Crippen molar-refractivity contribution in [1.82, 2.24) is 4.90 Å². The number of carbonyl (C=O) groups is 2. The molecule has 102 valence electrons. The zero-order valence-electron chi connectivity index (χ0n) is 10.3. The average molecular weight is 265 g/mol. The molecular formula is C13H15NO5. The number of hydrogen-bond donors (Lipinski definition) is 2. The molecule has 1 atom stereocenters. The van der Waals surface area contributed by atoms with Gasteiger partial charge in [0.1, 0.15) is 0 Å². The maximum Gasteiger partial charge on any atom is 0.350 e. The average Bonchev–Trinajstić information content (AvgIpc) is 2.47. The van der Waals surface area contributed by atoms with Crippen LogP contribution in [0.1, 0.15) is 5.56 Å². The van der Waals surface area contributed by atoms with E-state index in [1.54, 1.807) is 18.2 Å². The lowest BCUT2D eigenvalue weighted by molar-refractivity contribution is -0.175. The first-order chi connectivity index (χ1) is 9.06. The Balaban J connectivity index is 2.34. The van der Waals surface area contributed by atoms with Crippen molar-refractivity contribution in [1.29, 1.82) is 0 Å². The molecule has 0 radical (unpaired) electrons. The Labute approximate surface area is 110 Å². The van der Waals surface area contributed by atoms with Crippen LogP contribution in [-0.4, -0.2) is 53.3 Å². The highest BCUT2D eigenvalue weighted by atomic mass is 16.5. The van der Waals surface area contributed by atoms with Crippen LogP contribution in [0.2, 0.25) is 0 Å². The maximum absolute atomic E-state index is 12.3. The molecule has 0 spiro atoms. The van der Waals surface area contributed by atoms with Crippen LogP contribution in [0.5, 0.6) is 0 Å². The first-order valence-electron chi connectivity index (χ1n) is 5.95. The molecule has 1 aromatic rings. The first-order valence-corrected chi connectivity index (χ1v) is 5.95. The van der Waals surface area contributed by atoms with E-state index >= 15 is 0 Å². The summed E-state index contributed by atoms with van der Waals surface area (Å²) in [6.45, 7) is 1.25. The third-order valence-corrected chi connectivity index (χ3v) is 3.11. The number of carboxylic acids is 1. The monoisotopic (exact) mass is 265 g/mol. The number of amides is 1. The molecule has 2 N–H and O–H groups in total. The molecule has 1 amide bonds. The summed E-state index contributed by atoms with van der Waals surface area (Å²) >= 11 is 0. The summed E-state index contributed by atoms with van der Waals surface area (Å²) < 4.78 is 5.11. The van der Waals surface area contributed by atoms with E-state index in [4.69, 9.17) is 4.74 Å². The number of benzene rings is 1. The summed E-state index contributed by atoms with van der Waals surface area (Å²) in [5, 5.41) is 19.6. The second kappa shape index (κ2) is 5.38. The minimum Gasteiger partial charge on any atom is -0.478 e. The maximum atomic E-state index is 12.3. The summed E-state index contributed by atoms with van der Waals surface area (Å²) in [7, 11) is 0.